The first kappa shape index (κ1) is 17.8. The van der Waals surface area contributed by atoms with Crippen LogP contribution >= 0.6 is 0 Å². The predicted octanol–water partition coefficient (Wildman–Crippen LogP) is 4.79. The molecule has 2 N–H and O–H groups in total. The van der Waals surface area contributed by atoms with Crippen molar-refractivity contribution < 1.29 is 29.3 Å². The van der Waals surface area contributed by atoms with E-state index in [1.54, 1.807) is 6.07 Å². The number of carboxylic acid groups (broad SMARTS) is 2. The van der Waals surface area contributed by atoms with Crippen LogP contribution in [-0.2, 0) is 10.8 Å². The van der Waals surface area contributed by atoms with E-state index in [2.05, 4.69) is 13.8 Å². The smallest absolute Gasteiger partial charge is 0.449 e. The molecule has 0 spiro atoms. The normalized spacial score (nSPS) is 20.3. The molecule has 6 heteroatoms. The van der Waals surface area contributed by atoms with Crippen molar-refractivity contribution in [3.05, 3.63) is 59.2 Å². The summed E-state index contributed by atoms with van der Waals surface area (Å²) in [4.78, 5) is 22.3. The summed E-state index contributed by atoms with van der Waals surface area (Å²) in [5, 5.41) is 18.2. The van der Waals surface area contributed by atoms with Crippen LogP contribution in [0.15, 0.2) is 42.5 Å². The third-order valence-electron chi connectivity index (χ3n) is 5.00. The maximum absolute atomic E-state index is 11.3. The van der Waals surface area contributed by atoms with Crippen molar-refractivity contribution >= 4 is 12.3 Å². The van der Waals surface area contributed by atoms with Gasteiger partial charge in [0.2, 0.25) is 0 Å². The third kappa shape index (κ3) is 2.87. The summed E-state index contributed by atoms with van der Waals surface area (Å²) in [6.07, 6.45) is -2.33. The lowest BCUT2D eigenvalue weighted by Crippen LogP contribution is -2.24. The number of carbonyl (C=O) groups is 2. The second kappa shape index (κ2) is 6.05. The first-order valence-electron chi connectivity index (χ1n) is 8.20. The lowest BCUT2D eigenvalue weighted by molar-refractivity contribution is 0.132. The van der Waals surface area contributed by atoms with E-state index in [4.69, 9.17) is 14.6 Å². The molecule has 0 saturated carbocycles. The summed E-state index contributed by atoms with van der Waals surface area (Å²) in [5.41, 5.74) is 1.75. The van der Waals surface area contributed by atoms with Gasteiger partial charge in [0.05, 0.1) is 0 Å². The maximum Gasteiger partial charge on any atom is 0.511 e. The second-order valence-corrected chi connectivity index (χ2v) is 7.31. The van der Waals surface area contributed by atoms with Gasteiger partial charge in [0.15, 0.2) is 11.5 Å². The summed E-state index contributed by atoms with van der Waals surface area (Å²) >= 11 is 0. The van der Waals surface area contributed by atoms with E-state index < -0.39 is 17.7 Å². The Morgan fingerprint density at radius 3 is 2.12 bits per heavy atom. The Balaban J connectivity index is 2.31. The zero-order valence-corrected chi connectivity index (χ0v) is 14.8. The van der Waals surface area contributed by atoms with Crippen LogP contribution in [0.1, 0.15) is 43.9 Å². The number of ether oxygens (including phenoxy) is 2. The molecule has 0 amide bonds. The molecule has 0 aromatic heterocycles. The fourth-order valence-electron chi connectivity index (χ4n) is 4.16. The number of fused-ring (bicyclic) bond motifs is 1. The quantitative estimate of drug-likeness (QED) is 0.607. The lowest BCUT2D eigenvalue weighted by atomic mass is 9.75. The van der Waals surface area contributed by atoms with E-state index in [-0.39, 0.29) is 16.9 Å². The minimum absolute atomic E-state index is 0.0608. The minimum atomic E-state index is -1.53. The molecule has 1 unspecified atom stereocenters. The van der Waals surface area contributed by atoms with Gasteiger partial charge >= 0.3 is 12.3 Å². The molecule has 6 nitrogen and oxygen atoms in total. The van der Waals surface area contributed by atoms with Crippen LogP contribution in [-0.4, -0.2) is 22.5 Å². The molecule has 0 aliphatic heterocycles. The molecule has 0 fully saturated rings. The summed E-state index contributed by atoms with van der Waals surface area (Å²) in [5.74, 6) is -0.187. The van der Waals surface area contributed by atoms with E-state index >= 15 is 0 Å². The highest BCUT2D eigenvalue weighted by Gasteiger charge is 2.49. The molecule has 1 aliphatic rings. The van der Waals surface area contributed by atoms with Gasteiger partial charge < -0.3 is 19.7 Å². The summed E-state index contributed by atoms with van der Waals surface area (Å²) < 4.78 is 9.82. The second-order valence-electron chi connectivity index (χ2n) is 7.31. The van der Waals surface area contributed by atoms with Gasteiger partial charge in [-0.2, -0.15) is 0 Å². The summed E-state index contributed by atoms with van der Waals surface area (Å²) in [6.45, 7) is 6.15. The summed E-state index contributed by atoms with van der Waals surface area (Å²) in [6, 6.07) is 12.9. The highest BCUT2D eigenvalue weighted by atomic mass is 16.7. The van der Waals surface area contributed by atoms with E-state index in [1.165, 1.54) is 6.07 Å². The molecule has 136 valence electrons. The zero-order valence-electron chi connectivity index (χ0n) is 14.8. The van der Waals surface area contributed by atoms with Gasteiger partial charge in [0.1, 0.15) is 0 Å². The molecule has 1 aliphatic carbocycles. The van der Waals surface area contributed by atoms with Crippen LogP contribution in [0.3, 0.4) is 0 Å². The Labute approximate surface area is 151 Å². The molecule has 0 saturated heterocycles. The Morgan fingerprint density at radius 1 is 0.923 bits per heavy atom. The first-order valence-corrected chi connectivity index (χ1v) is 8.20. The van der Waals surface area contributed by atoms with Crippen LogP contribution in [0.5, 0.6) is 11.5 Å². The number of hydrogen-bond donors (Lipinski definition) is 2. The van der Waals surface area contributed by atoms with Crippen molar-refractivity contribution in [3.8, 4) is 11.5 Å². The van der Waals surface area contributed by atoms with Crippen LogP contribution < -0.4 is 9.47 Å². The SMILES string of the molecule is CC1(C)CC(C)(c2ccccc2)c2c1ccc(OC(=O)O)c2OC(=O)O. The molecule has 2 aromatic rings. The van der Waals surface area contributed by atoms with E-state index in [1.807, 2.05) is 37.3 Å². The van der Waals surface area contributed by atoms with Crippen molar-refractivity contribution in [2.75, 3.05) is 0 Å². The zero-order chi connectivity index (χ0) is 19.1. The topological polar surface area (TPSA) is 93.1 Å². The minimum Gasteiger partial charge on any atom is -0.449 e. The highest BCUT2D eigenvalue weighted by molar-refractivity contribution is 5.72. The van der Waals surface area contributed by atoms with Crippen LogP contribution in [0.4, 0.5) is 9.59 Å². The van der Waals surface area contributed by atoms with E-state index in [9.17, 15) is 14.7 Å². The fraction of sp³-hybridized carbons (Fsp3) is 0.300. The van der Waals surface area contributed by atoms with Gasteiger partial charge in [-0.1, -0.05) is 57.2 Å². The molecular weight excluding hydrogens is 336 g/mol. The molecule has 1 atom stereocenters. The Hall–Kier alpha value is -3.02. The average molecular weight is 356 g/mol. The van der Waals surface area contributed by atoms with Gasteiger partial charge in [0, 0.05) is 11.0 Å². The highest BCUT2D eigenvalue weighted by Crippen LogP contribution is 2.57. The fourth-order valence-corrected chi connectivity index (χ4v) is 4.16. The van der Waals surface area contributed by atoms with Gasteiger partial charge in [0.25, 0.3) is 0 Å². The Kier molecular flexibility index (Phi) is 4.14. The molecular formula is C20H20O6. The molecule has 26 heavy (non-hydrogen) atoms. The van der Waals surface area contributed by atoms with Gasteiger partial charge in [-0.25, -0.2) is 9.59 Å². The third-order valence-corrected chi connectivity index (χ3v) is 5.00. The lowest BCUT2D eigenvalue weighted by Gasteiger charge is -2.29. The van der Waals surface area contributed by atoms with E-state index in [0.717, 1.165) is 11.1 Å². The summed E-state index contributed by atoms with van der Waals surface area (Å²) in [7, 11) is 0. The molecule has 3 rings (SSSR count). The monoisotopic (exact) mass is 356 g/mol. The Morgan fingerprint density at radius 2 is 1.54 bits per heavy atom. The molecule has 0 radical (unpaired) electrons. The molecule has 0 heterocycles. The van der Waals surface area contributed by atoms with Gasteiger partial charge in [-0.15, -0.1) is 0 Å². The average Bonchev–Trinajstić information content (AvgIpc) is 2.77. The van der Waals surface area contributed by atoms with Gasteiger partial charge in [-0.3, -0.25) is 0 Å². The van der Waals surface area contributed by atoms with Crippen molar-refractivity contribution in [1.82, 2.24) is 0 Å². The Bertz CT molecular complexity index is 871. The number of rotatable bonds is 3. The maximum atomic E-state index is 11.3. The van der Waals surface area contributed by atoms with Crippen LogP contribution in [0.2, 0.25) is 0 Å². The van der Waals surface area contributed by atoms with Crippen molar-refractivity contribution in [1.29, 1.82) is 0 Å². The van der Waals surface area contributed by atoms with Gasteiger partial charge in [-0.05, 0) is 29.0 Å². The van der Waals surface area contributed by atoms with Crippen molar-refractivity contribution in [3.63, 3.8) is 0 Å². The van der Waals surface area contributed by atoms with Crippen LogP contribution in [0, 0.1) is 0 Å². The molecule has 2 aromatic carbocycles. The number of hydrogen-bond acceptors (Lipinski definition) is 4. The number of benzene rings is 2. The largest absolute Gasteiger partial charge is 0.511 e. The standard InChI is InChI=1S/C20H20O6/c1-19(2)11-20(3,12-7-5-4-6-8-12)15-13(19)9-10-14(25-17(21)22)16(15)26-18(23)24/h4-10H,11H2,1-3H3,(H,21,22)(H,23,24). The first-order chi connectivity index (χ1) is 12.1. The van der Waals surface area contributed by atoms with Crippen molar-refractivity contribution in [2.24, 2.45) is 0 Å². The van der Waals surface area contributed by atoms with Crippen molar-refractivity contribution in [2.45, 2.75) is 38.0 Å². The predicted molar refractivity (Wildman–Crippen MR) is 94.3 cm³/mol. The van der Waals surface area contributed by atoms with E-state index in [0.29, 0.717) is 12.0 Å². The van der Waals surface area contributed by atoms with Crippen LogP contribution in [0.25, 0.3) is 0 Å². The molecule has 0 bridgehead atoms.